The second kappa shape index (κ2) is 12.8. The standard InChI is InChI=1S/C25H41N2O3.C5H5.Fe/c1-22(2)15-11-16-23(3,4)26(22)29-20(19-13-9-10-14-19)21(28)30-27-24(5,6)17-12-18-25(27,7)8;1-2-4-5-3-1;/h9-10,13-14,20H,11-12,15-18H2,1-8H3;1-5H;/q;;+2. The summed E-state index contributed by atoms with van der Waals surface area (Å²) >= 11 is 0. The van der Waals surface area contributed by atoms with Crippen LogP contribution >= 0.6 is 0 Å². The summed E-state index contributed by atoms with van der Waals surface area (Å²) in [5.41, 5.74) is -0.734. The fourth-order valence-corrected chi connectivity index (χ4v) is 5.85. The number of nitrogens with zero attached hydrogens (tertiary/aromatic N) is 2. The number of carbonyl (C=O) groups is 1. The molecule has 36 heavy (non-hydrogen) atoms. The molecule has 0 aromatic carbocycles. The van der Waals surface area contributed by atoms with Crippen molar-refractivity contribution in [3.8, 4) is 0 Å². The summed E-state index contributed by atoms with van der Waals surface area (Å²) < 4.78 is 0. The fourth-order valence-electron chi connectivity index (χ4n) is 5.85. The fraction of sp³-hybridized carbons (Fsp3) is 0.633. The molecule has 4 rings (SSSR count). The number of hydrogen-bond acceptors (Lipinski definition) is 5. The first-order valence-corrected chi connectivity index (χ1v) is 13.1. The van der Waals surface area contributed by atoms with Crippen LogP contribution in [-0.4, -0.2) is 44.4 Å². The van der Waals surface area contributed by atoms with E-state index in [4.69, 9.17) is 9.68 Å². The SMILES string of the molecule is CC1(C)CCCC(C)(C)N1OC(=O)C(ON1C(C)(C)CCCC1(C)C)[C]1[CH][CH][CH][CH]1.[CH]1[CH][CH][CH][CH]1.[Fe+2]. The van der Waals surface area contributed by atoms with Crippen molar-refractivity contribution in [3.05, 3.63) is 63.7 Å². The van der Waals surface area contributed by atoms with Gasteiger partial charge in [-0.1, -0.05) is 0 Å². The Balaban J connectivity index is 0.000000678. The molecule has 2 saturated heterocycles. The van der Waals surface area contributed by atoms with E-state index >= 15 is 0 Å². The minimum absolute atomic E-state index is 0. The molecule has 2 saturated carbocycles. The van der Waals surface area contributed by atoms with Gasteiger partial charge in [-0.05, 0) is 152 Å². The van der Waals surface area contributed by atoms with Gasteiger partial charge in [-0.25, -0.2) is 4.79 Å². The summed E-state index contributed by atoms with van der Waals surface area (Å²) in [5, 5.41) is 3.96. The van der Waals surface area contributed by atoms with Crippen molar-refractivity contribution >= 4 is 5.97 Å². The second-order valence-electron chi connectivity index (χ2n) is 12.6. The predicted octanol–water partition coefficient (Wildman–Crippen LogP) is 6.26. The molecule has 0 N–H and O–H groups in total. The van der Waals surface area contributed by atoms with E-state index in [-0.39, 0.29) is 45.2 Å². The van der Waals surface area contributed by atoms with Gasteiger partial charge in [0.25, 0.3) is 0 Å². The van der Waals surface area contributed by atoms with Crippen LogP contribution in [0.25, 0.3) is 0 Å². The van der Waals surface area contributed by atoms with Gasteiger partial charge in [0.05, 0.1) is 11.1 Å². The van der Waals surface area contributed by atoms with E-state index in [1.807, 2.05) is 62.9 Å². The molecule has 0 bridgehead atoms. The molecule has 200 valence electrons. The number of piperidine rings is 2. The first-order chi connectivity index (χ1) is 16.3. The molecule has 4 aliphatic rings. The van der Waals surface area contributed by atoms with Crippen molar-refractivity contribution < 1.29 is 31.5 Å². The van der Waals surface area contributed by atoms with Gasteiger partial charge in [-0.15, -0.1) is 5.06 Å². The minimum atomic E-state index is -0.787. The predicted molar refractivity (Wildman–Crippen MR) is 141 cm³/mol. The van der Waals surface area contributed by atoms with Crippen molar-refractivity contribution in [2.24, 2.45) is 0 Å². The smallest absolute Gasteiger partial charge is 0.364 e. The maximum absolute atomic E-state index is 13.6. The van der Waals surface area contributed by atoms with Gasteiger partial charge < -0.3 is 4.84 Å². The van der Waals surface area contributed by atoms with Crippen molar-refractivity contribution in [1.29, 1.82) is 0 Å². The molecule has 6 heteroatoms. The normalized spacial score (nSPS) is 28.4. The number of hydroxylamine groups is 4. The van der Waals surface area contributed by atoms with E-state index in [9.17, 15) is 4.79 Å². The van der Waals surface area contributed by atoms with E-state index in [1.54, 1.807) is 0 Å². The third-order valence-electron chi connectivity index (χ3n) is 7.51. The Bertz CT molecular complexity index is 657. The van der Waals surface area contributed by atoms with Gasteiger partial charge in [0.15, 0.2) is 6.10 Å². The van der Waals surface area contributed by atoms with E-state index in [0.29, 0.717) is 0 Å². The monoisotopic (exact) mass is 538 g/mol. The minimum Gasteiger partial charge on any atom is -0.364 e. The van der Waals surface area contributed by atoms with Crippen molar-refractivity contribution in [3.63, 3.8) is 0 Å². The van der Waals surface area contributed by atoms with E-state index in [0.717, 1.165) is 44.4 Å². The average Bonchev–Trinajstić information content (AvgIpc) is 3.46. The molecule has 1 atom stereocenters. The summed E-state index contributed by atoms with van der Waals surface area (Å²) in [4.78, 5) is 26.2. The molecule has 0 amide bonds. The molecular formula is C30H46FeN2O3+2. The first-order valence-electron chi connectivity index (χ1n) is 13.1. The molecule has 0 aromatic rings. The van der Waals surface area contributed by atoms with Gasteiger partial charge in [0.1, 0.15) is 0 Å². The number of carbonyl (C=O) groups excluding carboxylic acids is 1. The van der Waals surface area contributed by atoms with Crippen LogP contribution in [0.2, 0.25) is 0 Å². The zero-order chi connectivity index (χ0) is 25.9. The molecule has 4 fully saturated rings. The zero-order valence-electron chi connectivity index (χ0n) is 23.5. The van der Waals surface area contributed by atoms with Crippen LogP contribution in [0.3, 0.4) is 0 Å². The number of hydrogen-bond donors (Lipinski definition) is 0. The van der Waals surface area contributed by atoms with Crippen LogP contribution in [0.4, 0.5) is 0 Å². The molecule has 2 aliphatic carbocycles. The Morgan fingerprint density at radius 2 is 1.03 bits per heavy atom. The molecule has 5 nitrogen and oxygen atoms in total. The van der Waals surface area contributed by atoms with Gasteiger partial charge >= 0.3 is 23.0 Å². The molecule has 1 unspecified atom stereocenters. The third-order valence-corrected chi connectivity index (χ3v) is 7.51. The summed E-state index contributed by atoms with van der Waals surface area (Å²) in [6, 6.07) is 0. The summed E-state index contributed by atoms with van der Waals surface area (Å²) in [6.07, 6.45) is 23.3. The molecule has 0 aromatic heterocycles. The van der Waals surface area contributed by atoms with Crippen molar-refractivity contribution in [2.75, 3.05) is 0 Å². The van der Waals surface area contributed by atoms with Gasteiger partial charge in [-0.3, -0.25) is 4.84 Å². The van der Waals surface area contributed by atoms with Crippen LogP contribution in [0, 0.1) is 63.7 Å². The zero-order valence-corrected chi connectivity index (χ0v) is 24.6. The molecule has 2 heterocycles. The van der Waals surface area contributed by atoms with Crippen LogP contribution in [0.15, 0.2) is 0 Å². The Kier molecular flexibility index (Phi) is 11.4. The maximum atomic E-state index is 13.6. The van der Waals surface area contributed by atoms with Crippen LogP contribution in [-0.2, 0) is 31.5 Å². The Morgan fingerprint density at radius 1 is 0.667 bits per heavy atom. The summed E-state index contributed by atoms with van der Waals surface area (Å²) in [5.74, 6) is 0.492. The van der Waals surface area contributed by atoms with Gasteiger partial charge in [0, 0.05) is 17.0 Å². The average molecular weight is 539 g/mol. The van der Waals surface area contributed by atoms with Crippen molar-refractivity contribution in [1.82, 2.24) is 10.1 Å². The van der Waals surface area contributed by atoms with Crippen LogP contribution in [0.1, 0.15) is 93.9 Å². The maximum Gasteiger partial charge on any atom is 2.00 e. The molecule has 0 spiro atoms. The van der Waals surface area contributed by atoms with Crippen LogP contribution < -0.4 is 0 Å². The van der Waals surface area contributed by atoms with Crippen LogP contribution in [0.5, 0.6) is 0 Å². The third kappa shape index (κ3) is 7.94. The van der Waals surface area contributed by atoms with Gasteiger partial charge in [0.2, 0.25) is 0 Å². The summed E-state index contributed by atoms with van der Waals surface area (Å²) in [6.45, 7) is 17.4. The molecule has 10 radical (unpaired) electrons. The largest absolute Gasteiger partial charge is 2.00 e. The summed E-state index contributed by atoms with van der Waals surface area (Å²) in [7, 11) is 0. The Labute approximate surface area is 233 Å². The number of rotatable bonds is 5. The van der Waals surface area contributed by atoms with Gasteiger partial charge in [-0.2, -0.15) is 5.06 Å². The topological polar surface area (TPSA) is 42.0 Å². The van der Waals surface area contributed by atoms with E-state index in [1.165, 1.54) is 0 Å². The Hall–Kier alpha value is -0.131. The molecular weight excluding hydrogens is 492 g/mol. The Morgan fingerprint density at radius 3 is 1.42 bits per heavy atom. The quantitative estimate of drug-likeness (QED) is 0.387. The molecule has 2 aliphatic heterocycles. The second-order valence-corrected chi connectivity index (χ2v) is 12.6. The van der Waals surface area contributed by atoms with E-state index < -0.39 is 6.10 Å². The first kappa shape index (κ1) is 32.1. The van der Waals surface area contributed by atoms with Crippen molar-refractivity contribution in [2.45, 2.75) is 122 Å². The van der Waals surface area contributed by atoms with E-state index in [2.05, 4.69) is 60.5 Å².